The van der Waals surface area contributed by atoms with Crippen molar-refractivity contribution in [1.29, 1.82) is 0 Å². The van der Waals surface area contributed by atoms with Gasteiger partial charge in [0, 0.05) is 51.5 Å². The number of nitrogens with zero attached hydrogens (tertiary/aromatic N) is 4. The molecule has 0 atom stereocenters. The summed E-state index contributed by atoms with van der Waals surface area (Å²) >= 11 is 1.40. The lowest BCUT2D eigenvalue weighted by molar-refractivity contribution is 0.0359. The van der Waals surface area contributed by atoms with Crippen molar-refractivity contribution < 1.29 is 14.3 Å². The number of pyridine rings is 1. The van der Waals surface area contributed by atoms with Gasteiger partial charge in [-0.2, -0.15) is 0 Å². The number of carbonyl (C=O) groups excluding carboxylic acids is 2. The van der Waals surface area contributed by atoms with Crippen molar-refractivity contribution in [3.8, 4) is 10.6 Å². The van der Waals surface area contributed by atoms with Gasteiger partial charge in [0.25, 0.3) is 5.91 Å². The zero-order chi connectivity index (χ0) is 22.7. The standard InChI is InChI=1S/C23H31N5O3S/c1-16(2)31-23(30)28-9-6-17(7-10-28)26-11-13-27(14-12-26)22(29)18-15-20(32-21(18)24)19-5-3-4-8-25-19/h3-5,8,15-17H,6-7,9-14,24H2,1-2H3. The predicted octanol–water partition coefficient (Wildman–Crippen LogP) is 3.16. The van der Waals surface area contributed by atoms with Gasteiger partial charge in [-0.1, -0.05) is 6.07 Å². The summed E-state index contributed by atoms with van der Waals surface area (Å²) in [5.74, 6) is -0.00756. The molecule has 2 aliphatic rings. The van der Waals surface area contributed by atoms with E-state index in [1.807, 2.05) is 43.0 Å². The first-order chi connectivity index (χ1) is 15.4. The number of carbonyl (C=O) groups is 2. The van der Waals surface area contributed by atoms with Crippen molar-refractivity contribution in [3.05, 3.63) is 36.0 Å². The minimum atomic E-state index is -0.215. The number of amides is 2. The molecule has 4 heterocycles. The summed E-state index contributed by atoms with van der Waals surface area (Å²) in [5, 5.41) is 0.540. The van der Waals surface area contributed by atoms with Gasteiger partial charge in [-0.25, -0.2) is 4.79 Å². The fraction of sp³-hybridized carbons (Fsp3) is 0.522. The van der Waals surface area contributed by atoms with Crippen molar-refractivity contribution >= 4 is 28.3 Å². The van der Waals surface area contributed by atoms with Gasteiger partial charge in [0.2, 0.25) is 0 Å². The largest absolute Gasteiger partial charge is 0.447 e. The van der Waals surface area contributed by atoms with Gasteiger partial charge in [-0.3, -0.25) is 14.7 Å². The lowest BCUT2D eigenvalue weighted by atomic mass is 10.0. The summed E-state index contributed by atoms with van der Waals surface area (Å²) in [5.41, 5.74) is 7.59. The van der Waals surface area contributed by atoms with Crippen LogP contribution in [0, 0.1) is 0 Å². The van der Waals surface area contributed by atoms with Crippen molar-refractivity contribution in [2.75, 3.05) is 45.0 Å². The van der Waals surface area contributed by atoms with Crippen molar-refractivity contribution in [1.82, 2.24) is 19.7 Å². The molecule has 9 heteroatoms. The van der Waals surface area contributed by atoms with Gasteiger partial charge < -0.3 is 20.3 Å². The second-order valence-corrected chi connectivity index (χ2v) is 9.67. The number of nitrogen functional groups attached to an aromatic ring is 1. The average molecular weight is 458 g/mol. The molecule has 0 bridgehead atoms. The van der Waals surface area contributed by atoms with Crippen molar-refractivity contribution in [3.63, 3.8) is 0 Å². The number of likely N-dealkylation sites (tertiary alicyclic amines) is 1. The van der Waals surface area contributed by atoms with E-state index < -0.39 is 0 Å². The maximum Gasteiger partial charge on any atom is 0.410 e. The van der Waals surface area contributed by atoms with Gasteiger partial charge in [-0.05, 0) is 44.9 Å². The van der Waals surface area contributed by atoms with E-state index in [9.17, 15) is 9.59 Å². The van der Waals surface area contributed by atoms with Crippen LogP contribution in [0.3, 0.4) is 0 Å². The Labute approximate surface area is 193 Å². The maximum absolute atomic E-state index is 13.1. The molecule has 4 rings (SSSR count). The number of ether oxygens (including phenoxy) is 1. The van der Waals surface area contributed by atoms with Crippen LogP contribution in [0.15, 0.2) is 30.5 Å². The monoisotopic (exact) mass is 457 g/mol. The van der Waals surface area contributed by atoms with Crippen LogP contribution in [0.2, 0.25) is 0 Å². The second-order valence-electron chi connectivity index (χ2n) is 8.58. The molecule has 0 aliphatic carbocycles. The molecule has 32 heavy (non-hydrogen) atoms. The van der Waals surface area contributed by atoms with E-state index in [4.69, 9.17) is 10.5 Å². The highest BCUT2D eigenvalue weighted by atomic mass is 32.1. The molecular weight excluding hydrogens is 426 g/mol. The van der Waals surface area contributed by atoms with Crippen LogP contribution in [0.4, 0.5) is 9.80 Å². The third-order valence-electron chi connectivity index (χ3n) is 6.09. The van der Waals surface area contributed by atoms with Crippen molar-refractivity contribution in [2.24, 2.45) is 0 Å². The first-order valence-corrected chi connectivity index (χ1v) is 12.0. The lowest BCUT2D eigenvalue weighted by Gasteiger charge is -2.42. The van der Waals surface area contributed by atoms with Crippen LogP contribution < -0.4 is 5.73 Å². The normalized spacial score (nSPS) is 18.2. The van der Waals surface area contributed by atoms with Gasteiger partial charge in [0.05, 0.1) is 27.2 Å². The Balaban J connectivity index is 1.29. The van der Waals surface area contributed by atoms with Gasteiger partial charge >= 0.3 is 6.09 Å². The highest BCUT2D eigenvalue weighted by Gasteiger charge is 2.31. The number of aromatic nitrogens is 1. The SMILES string of the molecule is CC(C)OC(=O)N1CCC(N2CCN(C(=O)c3cc(-c4ccccn4)sc3N)CC2)CC1. The fourth-order valence-corrected chi connectivity index (χ4v) is 5.25. The van der Waals surface area contributed by atoms with E-state index in [0.717, 1.165) is 49.6 Å². The quantitative estimate of drug-likeness (QED) is 0.758. The van der Waals surface area contributed by atoms with Gasteiger partial charge in [0.1, 0.15) is 0 Å². The molecule has 0 unspecified atom stereocenters. The number of thiophene rings is 1. The highest BCUT2D eigenvalue weighted by Crippen LogP contribution is 2.33. The van der Waals surface area contributed by atoms with Crippen LogP contribution in [0.1, 0.15) is 37.0 Å². The number of hydrogen-bond acceptors (Lipinski definition) is 7. The van der Waals surface area contributed by atoms with E-state index in [1.165, 1.54) is 11.3 Å². The predicted molar refractivity (Wildman–Crippen MR) is 126 cm³/mol. The summed E-state index contributed by atoms with van der Waals surface area (Å²) in [4.78, 5) is 36.6. The summed E-state index contributed by atoms with van der Waals surface area (Å²) in [6.45, 7) is 8.22. The van der Waals surface area contributed by atoms with Gasteiger partial charge in [-0.15, -0.1) is 11.3 Å². The molecule has 2 N–H and O–H groups in total. The third-order valence-corrected chi connectivity index (χ3v) is 7.07. The molecular formula is C23H31N5O3S. The molecule has 0 spiro atoms. The number of piperidine rings is 1. The summed E-state index contributed by atoms with van der Waals surface area (Å²) in [6.07, 6.45) is 3.30. The Kier molecular flexibility index (Phi) is 6.95. The van der Waals surface area contributed by atoms with Gasteiger partial charge in [0.15, 0.2) is 0 Å². The van der Waals surface area contributed by atoms with Crippen LogP contribution in [0.25, 0.3) is 10.6 Å². The van der Waals surface area contributed by atoms with Crippen LogP contribution in [-0.4, -0.2) is 83.1 Å². The summed E-state index contributed by atoms with van der Waals surface area (Å²) in [6, 6.07) is 8.02. The maximum atomic E-state index is 13.1. The topological polar surface area (TPSA) is 92.0 Å². The number of piperazine rings is 1. The highest BCUT2D eigenvalue weighted by molar-refractivity contribution is 7.19. The van der Waals surface area contributed by atoms with Crippen LogP contribution >= 0.6 is 11.3 Å². The lowest BCUT2D eigenvalue weighted by Crippen LogP contribution is -2.54. The molecule has 2 aromatic heterocycles. The number of anilines is 1. The average Bonchev–Trinajstić information content (AvgIpc) is 3.20. The Morgan fingerprint density at radius 3 is 2.44 bits per heavy atom. The van der Waals surface area contributed by atoms with E-state index in [2.05, 4.69) is 9.88 Å². The molecule has 2 saturated heterocycles. The molecule has 0 aromatic carbocycles. The van der Waals surface area contributed by atoms with E-state index >= 15 is 0 Å². The molecule has 0 saturated carbocycles. The Hall–Kier alpha value is -2.65. The third kappa shape index (κ3) is 5.05. The Bertz CT molecular complexity index is 932. The smallest absolute Gasteiger partial charge is 0.410 e. The first kappa shape index (κ1) is 22.5. The van der Waals surface area contributed by atoms with E-state index in [1.54, 1.807) is 11.1 Å². The summed E-state index contributed by atoms with van der Waals surface area (Å²) < 4.78 is 5.31. The Morgan fingerprint density at radius 1 is 1.09 bits per heavy atom. The number of hydrogen-bond donors (Lipinski definition) is 1. The fourth-order valence-electron chi connectivity index (χ4n) is 4.36. The number of nitrogens with two attached hydrogens (primary N) is 1. The van der Waals surface area contributed by atoms with E-state index in [-0.39, 0.29) is 18.1 Å². The molecule has 2 amide bonds. The number of rotatable bonds is 4. The van der Waals surface area contributed by atoms with Crippen LogP contribution in [-0.2, 0) is 4.74 Å². The van der Waals surface area contributed by atoms with E-state index in [0.29, 0.717) is 29.7 Å². The minimum Gasteiger partial charge on any atom is -0.447 e. The molecule has 2 aromatic rings. The zero-order valence-corrected chi connectivity index (χ0v) is 19.5. The zero-order valence-electron chi connectivity index (χ0n) is 18.7. The molecule has 172 valence electrons. The summed E-state index contributed by atoms with van der Waals surface area (Å²) in [7, 11) is 0. The molecule has 8 nitrogen and oxygen atoms in total. The first-order valence-electron chi connectivity index (χ1n) is 11.2. The second kappa shape index (κ2) is 9.87. The molecule has 0 radical (unpaired) electrons. The Morgan fingerprint density at radius 2 is 1.81 bits per heavy atom. The minimum absolute atomic E-state index is 0.00756. The molecule has 2 aliphatic heterocycles. The van der Waals surface area contributed by atoms with Crippen molar-refractivity contribution in [2.45, 2.75) is 38.8 Å². The van der Waals surface area contributed by atoms with Crippen LogP contribution in [0.5, 0.6) is 0 Å². The molecule has 2 fully saturated rings.